The van der Waals surface area contributed by atoms with Crippen molar-refractivity contribution in [2.24, 2.45) is 0 Å². The van der Waals surface area contributed by atoms with Crippen LogP contribution in [0.2, 0.25) is 0 Å². The van der Waals surface area contributed by atoms with Crippen molar-refractivity contribution < 1.29 is 5.11 Å². The minimum atomic E-state index is -0.665. The zero-order chi connectivity index (χ0) is 13.0. The lowest BCUT2D eigenvalue weighted by Crippen LogP contribution is -2.50. The Morgan fingerprint density at radius 2 is 2.20 bits per heavy atom. The van der Waals surface area contributed by atoms with Crippen molar-refractivity contribution in [2.45, 2.75) is 38.7 Å². The molecule has 2 heterocycles. The van der Waals surface area contributed by atoms with Gasteiger partial charge in [-0.2, -0.15) is 0 Å². The number of aromatic nitrogens is 2. The summed E-state index contributed by atoms with van der Waals surface area (Å²) in [5, 5.41) is 16.9. The minimum Gasteiger partial charge on any atom is -0.387 e. The Morgan fingerprint density at radius 1 is 1.45 bits per heavy atom. The Kier molecular flexibility index (Phi) is 8.35. The van der Waals surface area contributed by atoms with Crippen LogP contribution in [0.5, 0.6) is 0 Å². The number of hydrogen-bond donors (Lipinski definition) is 3. The van der Waals surface area contributed by atoms with Crippen molar-refractivity contribution in [2.75, 3.05) is 25.0 Å². The molecule has 5 nitrogen and oxygen atoms in total. The van der Waals surface area contributed by atoms with Gasteiger partial charge in [0.15, 0.2) is 0 Å². The molecule has 1 aromatic heterocycles. The first-order chi connectivity index (χ1) is 8.63. The van der Waals surface area contributed by atoms with E-state index in [1.807, 2.05) is 13.1 Å². The number of rotatable bonds is 4. The van der Waals surface area contributed by atoms with Crippen LogP contribution in [0.4, 0.5) is 5.82 Å². The second-order valence-electron chi connectivity index (χ2n) is 5.00. The molecule has 20 heavy (non-hydrogen) atoms. The van der Waals surface area contributed by atoms with E-state index >= 15 is 0 Å². The van der Waals surface area contributed by atoms with Crippen molar-refractivity contribution in [1.82, 2.24) is 15.3 Å². The van der Waals surface area contributed by atoms with Gasteiger partial charge >= 0.3 is 0 Å². The van der Waals surface area contributed by atoms with E-state index in [1.165, 1.54) is 0 Å². The summed E-state index contributed by atoms with van der Waals surface area (Å²) in [7, 11) is 0. The minimum absolute atomic E-state index is 0. The summed E-state index contributed by atoms with van der Waals surface area (Å²) in [5.74, 6) is 1.60. The van der Waals surface area contributed by atoms with Gasteiger partial charge in [-0.25, -0.2) is 9.97 Å². The fraction of sp³-hybridized carbons (Fsp3) is 0.692. The van der Waals surface area contributed by atoms with Gasteiger partial charge in [0, 0.05) is 24.8 Å². The predicted octanol–water partition coefficient (Wildman–Crippen LogP) is 1.72. The zero-order valence-electron chi connectivity index (χ0n) is 12.0. The first-order valence-electron chi connectivity index (χ1n) is 6.62. The molecule has 0 spiro atoms. The molecule has 1 unspecified atom stereocenters. The second kappa shape index (κ2) is 8.62. The number of nitrogens with one attached hydrogen (secondary N) is 2. The third-order valence-corrected chi connectivity index (χ3v) is 3.40. The number of hydrogen-bond acceptors (Lipinski definition) is 5. The summed E-state index contributed by atoms with van der Waals surface area (Å²) < 4.78 is 0. The van der Waals surface area contributed by atoms with E-state index in [0.29, 0.717) is 13.1 Å². The molecule has 0 aliphatic carbocycles. The van der Waals surface area contributed by atoms with Crippen molar-refractivity contribution in [1.29, 1.82) is 0 Å². The smallest absolute Gasteiger partial charge is 0.132 e. The first kappa shape index (κ1) is 19.4. The van der Waals surface area contributed by atoms with Gasteiger partial charge < -0.3 is 15.7 Å². The molecule has 0 amide bonds. The number of halogens is 2. The van der Waals surface area contributed by atoms with Gasteiger partial charge in [-0.1, -0.05) is 6.92 Å². The van der Waals surface area contributed by atoms with Gasteiger partial charge in [0.2, 0.25) is 0 Å². The maximum atomic E-state index is 10.4. The number of piperidine rings is 1. The lowest BCUT2D eigenvalue weighted by molar-refractivity contribution is 0.0291. The molecule has 1 fully saturated rings. The normalized spacial score (nSPS) is 21.6. The molecule has 0 bridgehead atoms. The lowest BCUT2D eigenvalue weighted by atomic mass is 9.94. The molecule has 0 aromatic carbocycles. The standard InChI is InChI=1S/C13H22N4O.2ClH/c1-3-11-7-15-10(2)17-12(11)16-9-13(18)5-4-6-14-8-13;;/h7,14,18H,3-6,8-9H2,1-2H3,(H,15,16,17);2*1H. The van der Waals surface area contributed by atoms with Crippen molar-refractivity contribution in [3.63, 3.8) is 0 Å². The maximum Gasteiger partial charge on any atom is 0.132 e. The number of anilines is 1. The summed E-state index contributed by atoms with van der Waals surface area (Å²) in [6, 6.07) is 0. The van der Waals surface area contributed by atoms with Crippen LogP contribution in [0.1, 0.15) is 31.2 Å². The molecular formula is C13H24Cl2N4O. The van der Waals surface area contributed by atoms with Gasteiger partial charge in [0.1, 0.15) is 11.6 Å². The average Bonchev–Trinajstić information content (AvgIpc) is 2.38. The van der Waals surface area contributed by atoms with Crippen LogP contribution in [0.25, 0.3) is 0 Å². The predicted molar refractivity (Wildman–Crippen MR) is 86.2 cm³/mol. The van der Waals surface area contributed by atoms with Gasteiger partial charge in [-0.3, -0.25) is 0 Å². The summed E-state index contributed by atoms with van der Waals surface area (Å²) in [6.07, 6.45) is 4.59. The number of aliphatic hydroxyl groups is 1. The fourth-order valence-corrected chi connectivity index (χ4v) is 2.26. The molecule has 3 N–H and O–H groups in total. The van der Waals surface area contributed by atoms with E-state index in [1.54, 1.807) is 0 Å². The lowest BCUT2D eigenvalue weighted by Gasteiger charge is -2.33. The number of aryl methyl sites for hydroxylation is 2. The highest BCUT2D eigenvalue weighted by Gasteiger charge is 2.29. The van der Waals surface area contributed by atoms with Crippen LogP contribution in [0.3, 0.4) is 0 Å². The Bertz CT molecular complexity index is 411. The molecule has 1 aliphatic heterocycles. The molecule has 1 saturated heterocycles. The Morgan fingerprint density at radius 3 is 2.80 bits per heavy atom. The van der Waals surface area contributed by atoms with Gasteiger partial charge in [-0.05, 0) is 32.7 Å². The topological polar surface area (TPSA) is 70.1 Å². The summed E-state index contributed by atoms with van der Waals surface area (Å²) in [6.45, 7) is 6.13. The van der Waals surface area contributed by atoms with Crippen LogP contribution in [0.15, 0.2) is 6.20 Å². The molecule has 2 rings (SSSR count). The van der Waals surface area contributed by atoms with Crippen LogP contribution >= 0.6 is 24.8 Å². The maximum absolute atomic E-state index is 10.4. The Hall–Kier alpha value is -0.620. The highest BCUT2D eigenvalue weighted by atomic mass is 35.5. The van der Waals surface area contributed by atoms with Gasteiger partial charge in [-0.15, -0.1) is 24.8 Å². The Labute approximate surface area is 132 Å². The first-order valence-corrected chi connectivity index (χ1v) is 6.62. The SMILES string of the molecule is CCc1cnc(C)nc1NCC1(O)CCCNC1.Cl.Cl. The summed E-state index contributed by atoms with van der Waals surface area (Å²) in [5.41, 5.74) is 0.426. The van der Waals surface area contributed by atoms with E-state index in [9.17, 15) is 5.11 Å². The molecular weight excluding hydrogens is 299 g/mol. The van der Waals surface area contributed by atoms with Crippen LogP contribution in [-0.2, 0) is 6.42 Å². The molecule has 1 atom stereocenters. The molecule has 0 radical (unpaired) electrons. The Balaban J connectivity index is 0.00000180. The van der Waals surface area contributed by atoms with Crippen LogP contribution in [0, 0.1) is 6.92 Å². The molecule has 1 aromatic rings. The molecule has 116 valence electrons. The summed E-state index contributed by atoms with van der Waals surface area (Å²) in [4.78, 5) is 8.60. The van der Waals surface area contributed by atoms with Crippen molar-refractivity contribution in [3.8, 4) is 0 Å². The third-order valence-electron chi connectivity index (χ3n) is 3.40. The van der Waals surface area contributed by atoms with E-state index in [2.05, 4.69) is 27.5 Å². The fourth-order valence-electron chi connectivity index (χ4n) is 2.26. The monoisotopic (exact) mass is 322 g/mol. The van der Waals surface area contributed by atoms with E-state index in [0.717, 1.165) is 43.0 Å². The van der Waals surface area contributed by atoms with Crippen molar-refractivity contribution >= 4 is 30.6 Å². The third kappa shape index (κ3) is 5.05. The highest BCUT2D eigenvalue weighted by Crippen LogP contribution is 2.18. The zero-order valence-corrected chi connectivity index (χ0v) is 13.6. The highest BCUT2D eigenvalue weighted by molar-refractivity contribution is 5.85. The van der Waals surface area contributed by atoms with E-state index < -0.39 is 5.60 Å². The second-order valence-corrected chi connectivity index (χ2v) is 5.00. The van der Waals surface area contributed by atoms with Crippen LogP contribution in [-0.4, -0.2) is 40.3 Å². The molecule has 0 saturated carbocycles. The largest absolute Gasteiger partial charge is 0.387 e. The molecule has 7 heteroatoms. The van der Waals surface area contributed by atoms with E-state index in [-0.39, 0.29) is 24.8 Å². The van der Waals surface area contributed by atoms with E-state index in [4.69, 9.17) is 0 Å². The quantitative estimate of drug-likeness (QED) is 0.787. The number of β-amino-alcohol motifs (C(OH)–C–C–N with tert-alkyl or cyclic N) is 1. The molecule has 1 aliphatic rings. The average molecular weight is 323 g/mol. The number of nitrogens with zero attached hydrogens (tertiary/aromatic N) is 2. The van der Waals surface area contributed by atoms with Crippen LogP contribution < -0.4 is 10.6 Å². The van der Waals surface area contributed by atoms with Crippen molar-refractivity contribution in [3.05, 3.63) is 17.6 Å². The van der Waals surface area contributed by atoms with Gasteiger partial charge in [0.05, 0.1) is 5.60 Å². The van der Waals surface area contributed by atoms with Gasteiger partial charge in [0.25, 0.3) is 0 Å². The summed E-state index contributed by atoms with van der Waals surface area (Å²) >= 11 is 0.